The Hall–Kier alpha value is -1.13. The van der Waals surface area contributed by atoms with Gasteiger partial charge in [0.1, 0.15) is 0 Å². The minimum atomic E-state index is -0.896. The van der Waals surface area contributed by atoms with Gasteiger partial charge in [0.2, 0.25) is 0 Å². The third-order valence-corrected chi connectivity index (χ3v) is 4.05. The zero-order valence-electron chi connectivity index (χ0n) is 11.5. The lowest BCUT2D eigenvalue weighted by Crippen LogP contribution is -2.29. The van der Waals surface area contributed by atoms with Crippen molar-refractivity contribution in [2.75, 3.05) is 6.54 Å². The summed E-state index contributed by atoms with van der Waals surface area (Å²) in [6, 6.07) is 2.86. The number of hydrogen-bond donors (Lipinski definition) is 1. The topological polar surface area (TPSA) is 40.5 Å². The second-order valence-corrected chi connectivity index (χ2v) is 6.57. The Balaban J connectivity index is 1.95. The van der Waals surface area contributed by atoms with Crippen LogP contribution in [0.5, 0.6) is 0 Å². The predicted octanol–water partition coefficient (Wildman–Crippen LogP) is 3.47. The van der Waals surface area contributed by atoms with Crippen molar-refractivity contribution in [2.45, 2.75) is 39.3 Å². The van der Waals surface area contributed by atoms with Gasteiger partial charge in [-0.3, -0.25) is 4.90 Å². The number of carboxylic acids is 1. The van der Waals surface area contributed by atoms with Crippen LogP contribution in [-0.4, -0.2) is 28.6 Å². The summed E-state index contributed by atoms with van der Waals surface area (Å²) in [7, 11) is 0. The fourth-order valence-electron chi connectivity index (χ4n) is 2.19. The maximum absolute atomic E-state index is 10.5. The third-order valence-electron chi connectivity index (χ3n) is 3.11. The molecule has 4 heteroatoms. The van der Waals surface area contributed by atoms with Gasteiger partial charge in [-0.15, -0.1) is 11.3 Å². The largest absolute Gasteiger partial charge is 0.478 e. The van der Waals surface area contributed by atoms with Crippen molar-refractivity contribution in [1.82, 2.24) is 4.90 Å². The lowest BCUT2D eigenvalue weighted by molar-refractivity contribution is -0.131. The average Bonchev–Trinajstić information content (AvgIpc) is 3.07. The van der Waals surface area contributed by atoms with Gasteiger partial charge in [-0.1, -0.05) is 13.8 Å². The molecule has 1 saturated carbocycles. The lowest BCUT2D eigenvalue weighted by Gasteiger charge is -2.23. The molecule has 0 atom stereocenters. The Labute approximate surface area is 118 Å². The molecular formula is C15H21NO2S. The molecule has 1 N–H and O–H groups in total. The van der Waals surface area contributed by atoms with Crippen LogP contribution in [0.4, 0.5) is 0 Å². The number of thiophene rings is 1. The summed E-state index contributed by atoms with van der Waals surface area (Å²) < 4.78 is 0. The van der Waals surface area contributed by atoms with E-state index >= 15 is 0 Å². The smallest absolute Gasteiger partial charge is 0.328 e. The summed E-state index contributed by atoms with van der Waals surface area (Å²) in [6.45, 7) is 6.65. The minimum Gasteiger partial charge on any atom is -0.478 e. The molecular weight excluding hydrogens is 258 g/mol. The van der Waals surface area contributed by atoms with E-state index in [0.717, 1.165) is 24.7 Å². The van der Waals surface area contributed by atoms with Crippen LogP contribution in [-0.2, 0) is 11.3 Å². The molecule has 0 amide bonds. The van der Waals surface area contributed by atoms with Crippen molar-refractivity contribution < 1.29 is 9.90 Å². The van der Waals surface area contributed by atoms with Gasteiger partial charge in [-0.05, 0) is 41.8 Å². The number of aliphatic carboxylic acids is 1. The van der Waals surface area contributed by atoms with Crippen LogP contribution in [0.2, 0.25) is 0 Å². The summed E-state index contributed by atoms with van der Waals surface area (Å²) in [4.78, 5) is 14.4. The maximum atomic E-state index is 10.5. The predicted molar refractivity (Wildman–Crippen MR) is 79.3 cm³/mol. The zero-order valence-corrected chi connectivity index (χ0v) is 12.3. The molecule has 19 heavy (non-hydrogen) atoms. The standard InChI is InChI=1S/C15H21NO2S/c1-11(2)8-16(13-4-5-13)9-14-7-12(10-19-14)3-6-15(17)18/h3,6-7,10-11,13H,4-5,8-9H2,1-2H3,(H,17,18). The van der Waals surface area contributed by atoms with Crippen LogP contribution in [0, 0.1) is 5.92 Å². The van der Waals surface area contributed by atoms with Crippen LogP contribution in [0.15, 0.2) is 17.5 Å². The highest BCUT2D eigenvalue weighted by Crippen LogP contribution is 2.30. The van der Waals surface area contributed by atoms with Gasteiger partial charge in [0.05, 0.1) is 0 Å². The van der Waals surface area contributed by atoms with Gasteiger partial charge in [0, 0.05) is 30.1 Å². The number of nitrogens with zero attached hydrogens (tertiary/aromatic N) is 1. The van der Waals surface area contributed by atoms with Crippen molar-refractivity contribution in [3.63, 3.8) is 0 Å². The highest BCUT2D eigenvalue weighted by atomic mass is 32.1. The van der Waals surface area contributed by atoms with E-state index in [9.17, 15) is 4.79 Å². The van der Waals surface area contributed by atoms with Crippen LogP contribution in [0.1, 0.15) is 37.1 Å². The Kier molecular flexibility index (Phi) is 4.77. The molecule has 0 bridgehead atoms. The molecule has 0 spiro atoms. The zero-order chi connectivity index (χ0) is 13.8. The monoisotopic (exact) mass is 279 g/mol. The van der Waals surface area contributed by atoms with Gasteiger partial charge in [0.15, 0.2) is 0 Å². The number of hydrogen-bond acceptors (Lipinski definition) is 3. The Morgan fingerprint density at radius 1 is 1.58 bits per heavy atom. The molecule has 1 aliphatic rings. The average molecular weight is 279 g/mol. The molecule has 0 unspecified atom stereocenters. The molecule has 3 nitrogen and oxygen atoms in total. The van der Waals surface area contributed by atoms with Gasteiger partial charge in [0.25, 0.3) is 0 Å². The number of carbonyl (C=O) groups is 1. The summed E-state index contributed by atoms with van der Waals surface area (Å²) in [6.07, 6.45) is 5.50. The first kappa shape index (κ1) is 14.3. The molecule has 1 aliphatic carbocycles. The molecule has 0 radical (unpaired) electrons. The second-order valence-electron chi connectivity index (χ2n) is 5.57. The van der Waals surface area contributed by atoms with E-state index in [-0.39, 0.29) is 0 Å². The third kappa shape index (κ3) is 4.80. The fourth-order valence-corrected chi connectivity index (χ4v) is 3.07. The number of carboxylic acid groups (broad SMARTS) is 1. The summed E-state index contributed by atoms with van der Waals surface area (Å²) >= 11 is 1.72. The molecule has 0 aliphatic heterocycles. The first-order valence-corrected chi connectivity index (χ1v) is 7.65. The maximum Gasteiger partial charge on any atom is 0.328 e. The van der Waals surface area contributed by atoms with Gasteiger partial charge >= 0.3 is 5.97 Å². The van der Waals surface area contributed by atoms with Crippen molar-refractivity contribution in [1.29, 1.82) is 0 Å². The molecule has 2 rings (SSSR count). The Morgan fingerprint density at radius 2 is 2.32 bits per heavy atom. The van der Waals surface area contributed by atoms with Crippen LogP contribution >= 0.6 is 11.3 Å². The Bertz CT molecular complexity index is 460. The molecule has 1 fully saturated rings. The van der Waals surface area contributed by atoms with Crippen LogP contribution in [0.25, 0.3) is 6.08 Å². The molecule has 104 valence electrons. The second kappa shape index (κ2) is 6.35. The van der Waals surface area contributed by atoms with E-state index in [1.807, 2.05) is 5.38 Å². The van der Waals surface area contributed by atoms with E-state index < -0.39 is 5.97 Å². The van der Waals surface area contributed by atoms with E-state index in [1.165, 1.54) is 23.8 Å². The van der Waals surface area contributed by atoms with Crippen molar-refractivity contribution in [2.24, 2.45) is 5.92 Å². The first-order chi connectivity index (χ1) is 9.04. The molecule has 0 aromatic carbocycles. The molecule has 1 aromatic rings. The van der Waals surface area contributed by atoms with Gasteiger partial charge < -0.3 is 5.11 Å². The molecule has 1 aromatic heterocycles. The van der Waals surface area contributed by atoms with E-state index in [0.29, 0.717) is 5.92 Å². The molecule has 1 heterocycles. The Morgan fingerprint density at radius 3 is 2.89 bits per heavy atom. The van der Waals surface area contributed by atoms with Crippen molar-refractivity contribution in [3.05, 3.63) is 28.0 Å². The van der Waals surface area contributed by atoms with Crippen LogP contribution < -0.4 is 0 Å². The van der Waals surface area contributed by atoms with E-state index in [2.05, 4.69) is 24.8 Å². The van der Waals surface area contributed by atoms with Crippen LogP contribution in [0.3, 0.4) is 0 Å². The van der Waals surface area contributed by atoms with E-state index in [4.69, 9.17) is 5.11 Å². The first-order valence-electron chi connectivity index (χ1n) is 6.77. The minimum absolute atomic E-state index is 0.687. The quantitative estimate of drug-likeness (QED) is 0.777. The normalized spacial score (nSPS) is 15.8. The highest BCUT2D eigenvalue weighted by Gasteiger charge is 2.29. The summed E-state index contributed by atoms with van der Waals surface area (Å²) in [5.41, 5.74) is 0.989. The van der Waals surface area contributed by atoms with Crippen molar-refractivity contribution in [3.8, 4) is 0 Å². The molecule has 0 saturated heterocycles. The SMILES string of the molecule is CC(C)CN(Cc1cc(C=CC(=O)O)cs1)C1CC1. The van der Waals surface area contributed by atoms with Crippen molar-refractivity contribution >= 4 is 23.4 Å². The van der Waals surface area contributed by atoms with E-state index in [1.54, 1.807) is 17.4 Å². The fraction of sp³-hybridized carbons (Fsp3) is 0.533. The summed E-state index contributed by atoms with van der Waals surface area (Å²) in [5.74, 6) is -0.209. The van der Waals surface area contributed by atoms with Gasteiger partial charge in [-0.25, -0.2) is 4.79 Å². The van der Waals surface area contributed by atoms with Gasteiger partial charge in [-0.2, -0.15) is 0 Å². The summed E-state index contributed by atoms with van der Waals surface area (Å²) in [5, 5.41) is 10.6. The number of rotatable bonds is 7. The highest BCUT2D eigenvalue weighted by molar-refractivity contribution is 7.10. The lowest BCUT2D eigenvalue weighted by atomic mass is 10.2.